The number of fused-ring (bicyclic) bond motifs is 1. The normalized spacial score (nSPS) is 12.3. The van der Waals surface area contributed by atoms with E-state index >= 15 is 0 Å². The van der Waals surface area contributed by atoms with E-state index in [9.17, 15) is 4.79 Å². The van der Waals surface area contributed by atoms with Gasteiger partial charge in [-0.1, -0.05) is 11.3 Å². The van der Waals surface area contributed by atoms with Gasteiger partial charge in [-0.2, -0.15) is 21.9 Å². The molecule has 25 heavy (non-hydrogen) atoms. The molecule has 5 nitrogen and oxygen atoms in total. The highest BCUT2D eigenvalue weighted by atomic mass is 32.2. The van der Waals surface area contributed by atoms with Crippen LogP contribution in [0.15, 0.2) is 23.2 Å². The summed E-state index contributed by atoms with van der Waals surface area (Å²) < 4.78 is 5.01. The van der Waals surface area contributed by atoms with E-state index < -0.39 is 0 Å². The topological polar surface area (TPSA) is 52.2 Å². The Bertz CT molecular complexity index is 991. The zero-order valence-electron chi connectivity index (χ0n) is 15.2. The molecule has 0 saturated carbocycles. The number of rotatable bonds is 4. The number of hydrogen-bond donors (Lipinski definition) is 0. The molecule has 0 spiro atoms. The van der Waals surface area contributed by atoms with Crippen molar-refractivity contribution in [2.45, 2.75) is 27.3 Å². The molecule has 2 heterocycles. The van der Waals surface area contributed by atoms with Crippen LogP contribution >= 0.6 is 23.1 Å². The highest BCUT2D eigenvalue weighted by Crippen LogP contribution is 2.22. The Morgan fingerprint density at radius 2 is 1.96 bits per heavy atom. The molecule has 3 rings (SSSR count). The number of carbonyl (C=O) groups excluding carboxylic acids is 1. The van der Waals surface area contributed by atoms with Crippen LogP contribution in [-0.4, -0.2) is 32.3 Å². The first-order valence-corrected chi connectivity index (χ1v) is 10.3. The smallest absolute Gasteiger partial charge is 0.300 e. The molecule has 0 unspecified atom stereocenters. The first-order valence-electron chi connectivity index (χ1n) is 8.10. The summed E-state index contributed by atoms with van der Waals surface area (Å²) >= 11 is 3.35. The van der Waals surface area contributed by atoms with Gasteiger partial charge in [0.25, 0.3) is 5.91 Å². The molecule has 132 valence electrons. The molecule has 0 radical (unpaired) electrons. The Hall–Kier alpha value is -1.86. The van der Waals surface area contributed by atoms with Gasteiger partial charge in [0.1, 0.15) is 0 Å². The van der Waals surface area contributed by atoms with E-state index in [2.05, 4.69) is 46.9 Å². The van der Waals surface area contributed by atoms with Gasteiger partial charge in [0.2, 0.25) is 0 Å². The van der Waals surface area contributed by atoms with Crippen molar-refractivity contribution in [2.75, 3.05) is 12.0 Å². The first kappa shape index (κ1) is 17.9. The maximum atomic E-state index is 12.6. The van der Waals surface area contributed by atoms with Gasteiger partial charge in [-0.25, -0.2) is 0 Å². The van der Waals surface area contributed by atoms with Crippen molar-refractivity contribution in [1.82, 2.24) is 14.3 Å². The number of thiazole rings is 1. The van der Waals surface area contributed by atoms with E-state index in [1.165, 1.54) is 11.1 Å². The van der Waals surface area contributed by atoms with Crippen molar-refractivity contribution < 1.29 is 4.79 Å². The molecule has 0 N–H and O–H groups in total. The molecular weight excluding hydrogens is 352 g/mol. The monoisotopic (exact) mass is 374 g/mol. The quantitative estimate of drug-likeness (QED) is 0.703. The van der Waals surface area contributed by atoms with Crippen LogP contribution in [0.4, 0.5) is 0 Å². The van der Waals surface area contributed by atoms with Gasteiger partial charge in [-0.3, -0.25) is 9.48 Å². The van der Waals surface area contributed by atoms with Crippen LogP contribution in [0.3, 0.4) is 0 Å². The largest absolute Gasteiger partial charge is 0.315 e. The third-order valence-electron chi connectivity index (χ3n) is 4.35. The number of aromatic nitrogens is 3. The molecular formula is C18H22N4OS2. The predicted octanol–water partition coefficient (Wildman–Crippen LogP) is 3.47. The molecule has 0 fully saturated rings. The maximum Gasteiger partial charge on any atom is 0.300 e. The lowest BCUT2D eigenvalue weighted by atomic mass is 10.1. The summed E-state index contributed by atoms with van der Waals surface area (Å²) in [4.78, 5) is 17.7. The van der Waals surface area contributed by atoms with Gasteiger partial charge in [0, 0.05) is 25.0 Å². The summed E-state index contributed by atoms with van der Waals surface area (Å²) in [6, 6.07) is 6.15. The standard InChI is InChI=1S/C18H22N4OS2/c1-11-8-15-16(9-12(11)2)25-18(22(15)6-7-24-5)19-17(23)14-10-13(3)21(4)20-14/h8-10H,6-7H2,1-5H3. The van der Waals surface area contributed by atoms with E-state index in [1.807, 2.05) is 14.0 Å². The summed E-state index contributed by atoms with van der Waals surface area (Å²) in [6.45, 7) is 6.98. The van der Waals surface area contributed by atoms with Gasteiger partial charge in [0.05, 0.1) is 10.2 Å². The lowest BCUT2D eigenvalue weighted by Crippen LogP contribution is -2.18. The van der Waals surface area contributed by atoms with E-state index in [-0.39, 0.29) is 5.91 Å². The Morgan fingerprint density at radius 1 is 1.24 bits per heavy atom. The van der Waals surface area contributed by atoms with E-state index in [0.717, 1.165) is 33.0 Å². The zero-order valence-corrected chi connectivity index (χ0v) is 16.8. The fourth-order valence-electron chi connectivity index (χ4n) is 2.61. The summed E-state index contributed by atoms with van der Waals surface area (Å²) in [7, 11) is 1.83. The molecule has 1 amide bonds. The van der Waals surface area contributed by atoms with Crippen LogP contribution in [-0.2, 0) is 13.6 Å². The minimum Gasteiger partial charge on any atom is -0.315 e. The van der Waals surface area contributed by atoms with Gasteiger partial charge >= 0.3 is 0 Å². The molecule has 7 heteroatoms. The second-order valence-corrected chi connectivity index (χ2v) is 8.14. The Kier molecular flexibility index (Phi) is 5.15. The molecule has 0 saturated heterocycles. The van der Waals surface area contributed by atoms with Gasteiger partial charge in [-0.15, -0.1) is 0 Å². The third-order valence-corrected chi connectivity index (χ3v) is 5.98. The number of nitrogens with zero attached hydrogens (tertiary/aromatic N) is 4. The van der Waals surface area contributed by atoms with Crippen LogP contribution in [0.1, 0.15) is 27.3 Å². The van der Waals surface area contributed by atoms with Crippen LogP contribution < -0.4 is 4.80 Å². The van der Waals surface area contributed by atoms with Gasteiger partial charge in [-0.05, 0) is 56.4 Å². The number of hydrogen-bond acceptors (Lipinski definition) is 4. The SMILES string of the molecule is CSCCn1c(=NC(=O)c2cc(C)n(C)n2)sc2cc(C)c(C)cc21. The Morgan fingerprint density at radius 3 is 2.60 bits per heavy atom. The van der Waals surface area contributed by atoms with Crippen molar-refractivity contribution in [2.24, 2.45) is 12.0 Å². The van der Waals surface area contributed by atoms with E-state index in [1.54, 1.807) is 33.8 Å². The molecule has 0 bridgehead atoms. The summed E-state index contributed by atoms with van der Waals surface area (Å²) in [5, 5.41) is 4.24. The fraction of sp³-hybridized carbons (Fsp3) is 0.389. The number of carbonyl (C=O) groups is 1. The average Bonchev–Trinajstić information content (AvgIpc) is 3.06. The molecule has 0 atom stereocenters. The van der Waals surface area contributed by atoms with E-state index in [0.29, 0.717) is 5.69 Å². The van der Waals surface area contributed by atoms with Gasteiger partial charge in [0.15, 0.2) is 10.5 Å². The van der Waals surface area contributed by atoms with Crippen molar-refractivity contribution in [3.63, 3.8) is 0 Å². The minimum atomic E-state index is -0.290. The molecule has 0 aliphatic rings. The second kappa shape index (κ2) is 7.17. The number of aryl methyl sites for hydroxylation is 5. The number of amides is 1. The van der Waals surface area contributed by atoms with Gasteiger partial charge < -0.3 is 4.57 Å². The molecule has 0 aliphatic carbocycles. The second-order valence-electron chi connectivity index (χ2n) is 6.14. The lowest BCUT2D eigenvalue weighted by Gasteiger charge is -2.05. The maximum absolute atomic E-state index is 12.6. The predicted molar refractivity (Wildman–Crippen MR) is 106 cm³/mol. The van der Waals surface area contributed by atoms with Crippen LogP contribution in [0, 0.1) is 20.8 Å². The molecule has 1 aromatic carbocycles. The van der Waals surface area contributed by atoms with Crippen LogP contribution in [0.25, 0.3) is 10.2 Å². The fourth-order valence-corrected chi connectivity index (χ4v) is 4.11. The minimum absolute atomic E-state index is 0.290. The average molecular weight is 375 g/mol. The third kappa shape index (κ3) is 3.57. The molecule has 2 aromatic heterocycles. The molecule has 0 aliphatic heterocycles. The summed E-state index contributed by atoms with van der Waals surface area (Å²) in [6.07, 6.45) is 2.09. The lowest BCUT2D eigenvalue weighted by molar-refractivity contribution is 0.0992. The van der Waals surface area contributed by atoms with Crippen molar-refractivity contribution in [3.05, 3.63) is 45.5 Å². The van der Waals surface area contributed by atoms with Crippen molar-refractivity contribution >= 4 is 39.2 Å². The number of thioether (sulfide) groups is 1. The van der Waals surface area contributed by atoms with Crippen molar-refractivity contribution in [1.29, 1.82) is 0 Å². The number of benzene rings is 1. The van der Waals surface area contributed by atoms with Crippen LogP contribution in [0.2, 0.25) is 0 Å². The highest BCUT2D eigenvalue weighted by molar-refractivity contribution is 7.98. The first-order chi connectivity index (χ1) is 11.9. The summed E-state index contributed by atoms with van der Waals surface area (Å²) in [5.41, 5.74) is 4.98. The van der Waals surface area contributed by atoms with Crippen molar-refractivity contribution in [3.8, 4) is 0 Å². The van der Waals surface area contributed by atoms with Crippen LogP contribution in [0.5, 0.6) is 0 Å². The van der Waals surface area contributed by atoms with E-state index in [4.69, 9.17) is 0 Å². The summed E-state index contributed by atoms with van der Waals surface area (Å²) in [5.74, 6) is 0.685. The zero-order chi connectivity index (χ0) is 18.1. The Labute approximate surface area is 155 Å². The highest BCUT2D eigenvalue weighted by Gasteiger charge is 2.13. The molecule has 3 aromatic rings. The Balaban J connectivity index is 2.14.